The largest absolute Gasteiger partial charge is 0.382 e. The van der Waals surface area contributed by atoms with E-state index in [0.717, 1.165) is 24.3 Å². The summed E-state index contributed by atoms with van der Waals surface area (Å²) in [6.07, 6.45) is 2.71. The highest BCUT2D eigenvalue weighted by Gasteiger charge is 2.41. The Morgan fingerprint density at radius 3 is 2.39 bits per heavy atom. The molecule has 33 heavy (non-hydrogen) atoms. The van der Waals surface area contributed by atoms with E-state index < -0.39 is 34.8 Å². The lowest BCUT2D eigenvalue weighted by molar-refractivity contribution is -0.0128. The number of aromatic nitrogens is 6. The average Bonchev–Trinajstić information content (AvgIpc) is 3.42. The minimum Gasteiger partial charge on any atom is -0.382 e. The third-order valence-corrected chi connectivity index (χ3v) is 5.66. The lowest BCUT2D eigenvalue weighted by Crippen LogP contribution is -2.38. The summed E-state index contributed by atoms with van der Waals surface area (Å²) in [4.78, 5) is 0. The Morgan fingerprint density at radius 2 is 1.76 bits per heavy atom. The predicted molar refractivity (Wildman–Crippen MR) is 109 cm³/mol. The van der Waals surface area contributed by atoms with Crippen LogP contribution in [0, 0.1) is 23.3 Å². The van der Waals surface area contributed by atoms with Crippen molar-refractivity contribution in [3.8, 4) is 0 Å². The molecule has 0 unspecified atom stereocenters. The summed E-state index contributed by atoms with van der Waals surface area (Å²) in [6.45, 7) is 1.08. The van der Waals surface area contributed by atoms with Crippen LogP contribution in [-0.2, 0) is 18.7 Å². The molecule has 0 aliphatic heterocycles. The summed E-state index contributed by atoms with van der Waals surface area (Å²) in [7, 11) is 0. The normalized spacial score (nSPS) is 14.3. The van der Waals surface area contributed by atoms with Gasteiger partial charge in [-0.3, -0.25) is 4.68 Å². The van der Waals surface area contributed by atoms with Crippen molar-refractivity contribution in [3.63, 3.8) is 0 Å². The highest BCUT2D eigenvalue weighted by atomic mass is 35.5. The van der Waals surface area contributed by atoms with E-state index in [1.807, 2.05) is 0 Å². The third-order valence-electron chi connectivity index (χ3n) is 5.44. The van der Waals surface area contributed by atoms with E-state index in [2.05, 4.69) is 20.6 Å². The van der Waals surface area contributed by atoms with Gasteiger partial charge < -0.3 is 5.11 Å². The third kappa shape index (κ3) is 4.60. The Hall–Kier alpha value is -3.31. The molecule has 0 fully saturated rings. The first kappa shape index (κ1) is 22.9. The second-order valence-corrected chi connectivity index (χ2v) is 8.00. The van der Waals surface area contributed by atoms with Gasteiger partial charge in [-0.05, 0) is 34.7 Å². The average molecular weight is 481 g/mol. The first-order valence-corrected chi connectivity index (χ1v) is 10.1. The number of rotatable bonds is 7. The van der Waals surface area contributed by atoms with E-state index >= 15 is 0 Å². The number of halogens is 5. The maximum absolute atomic E-state index is 14.7. The number of nitrogens with zero attached hydrogens (tertiary/aromatic N) is 6. The van der Waals surface area contributed by atoms with E-state index in [-0.39, 0.29) is 29.2 Å². The number of hydrogen-bond acceptors (Lipinski definition) is 5. The molecule has 0 spiro atoms. The molecule has 4 aromatic rings. The predicted octanol–water partition coefficient (Wildman–Crippen LogP) is 3.82. The van der Waals surface area contributed by atoms with E-state index in [0.29, 0.717) is 11.8 Å². The molecule has 12 heteroatoms. The van der Waals surface area contributed by atoms with Gasteiger partial charge in [-0.15, -0.1) is 5.10 Å². The molecule has 0 aliphatic rings. The molecule has 0 saturated heterocycles. The minimum atomic E-state index is -1.94. The van der Waals surface area contributed by atoms with Crippen molar-refractivity contribution in [2.75, 3.05) is 0 Å². The van der Waals surface area contributed by atoms with Crippen LogP contribution in [0.2, 0.25) is 5.02 Å². The van der Waals surface area contributed by atoms with Gasteiger partial charge in [0.05, 0.1) is 18.8 Å². The molecule has 0 saturated carbocycles. The fourth-order valence-corrected chi connectivity index (χ4v) is 3.81. The zero-order chi connectivity index (χ0) is 23.8. The lowest BCUT2D eigenvalue weighted by Gasteiger charge is -2.33. The molecule has 4 rings (SSSR count). The second-order valence-electron chi connectivity index (χ2n) is 7.56. The van der Waals surface area contributed by atoms with Crippen molar-refractivity contribution in [3.05, 3.63) is 94.0 Å². The fraction of sp³-hybridized carbons (Fsp3) is 0.238. The van der Waals surface area contributed by atoms with Gasteiger partial charge in [0.1, 0.15) is 35.2 Å². The Bertz CT molecular complexity index is 1260. The molecule has 7 nitrogen and oxygen atoms in total. The fourth-order valence-electron chi connectivity index (χ4n) is 3.62. The molecule has 2 aromatic carbocycles. The van der Waals surface area contributed by atoms with Crippen LogP contribution in [0.15, 0.2) is 48.9 Å². The van der Waals surface area contributed by atoms with E-state index in [1.165, 1.54) is 28.0 Å². The summed E-state index contributed by atoms with van der Waals surface area (Å²) in [5.41, 5.74) is -2.07. The lowest BCUT2D eigenvalue weighted by atomic mass is 9.80. The van der Waals surface area contributed by atoms with Crippen LogP contribution in [0.3, 0.4) is 0 Å². The Balaban J connectivity index is 1.69. The maximum Gasteiger partial charge on any atom is 0.138 e. The van der Waals surface area contributed by atoms with E-state index in [1.54, 1.807) is 6.92 Å². The van der Waals surface area contributed by atoms with Crippen LogP contribution in [-0.4, -0.2) is 35.1 Å². The van der Waals surface area contributed by atoms with Gasteiger partial charge in [-0.1, -0.05) is 24.6 Å². The molecular formula is C21H17ClF4N6O. The van der Waals surface area contributed by atoms with Crippen LogP contribution >= 0.6 is 11.6 Å². The smallest absolute Gasteiger partial charge is 0.138 e. The summed E-state index contributed by atoms with van der Waals surface area (Å²) >= 11 is 5.66. The summed E-state index contributed by atoms with van der Waals surface area (Å²) < 4.78 is 59.0. The molecule has 2 aromatic heterocycles. The topological polar surface area (TPSA) is 81.6 Å². The molecular weight excluding hydrogens is 464 g/mol. The Morgan fingerprint density at radius 1 is 1.03 bits per heavy atom. The Labute approximate surface area is 190 Å². The molecule has 0 radical (unpaired) electrons. The monoisotopic (exact) mass is 480 g/mol. The quantitative estimate of drug-likeness (QED) is 0.407. The summed E-state index contributed by atoms with van der Waals surface area (Å²) in [6, 6.07) is 6.35. The molecule has 0 amide bonds. The van der Waals surface area contributed by atoms with Crippen LogP contribution in [0.4, 0.5) is 17.6 Å². The SMILES string of the molecule is C[C@@H](c1ccn(Cc2c(F)cc(Cl)cc2F)n1)[C@](O)(Cn1cnnn1)c1ccc(F)cc1F. The minimum absolute atomic E-state index is 0.0717. The molecule has 1 N–H and O–H groups in total. The molecule has 2 atom stereocenters. The van der Waals surface area contributed by atoms with Crippen LogP contribution in [0.1, 0.15) is 29.7 Å². The van der Waals surface area contributed by atoms with E-state index in [9.17, 15) is 22.7 Å². The number of aliphatic hydroxyl groups is 1. The second kappa shape index (κ2) is 8.91. The zero-order valence-electron chi connectivity index (χ0n) is 17.1. The Kier molecular flexibility index (Phi) is 6.17. The van der Waals surface area contributed by atoms with Gasteiger partial charge in [-0.25, -0.2) is 22.2 Å². The first-order valence-electron chi connectivity index (χ1n) is 9.73. The van der Waals surface area contributed by atoms with Gasteiger partial charge >= 0.3 is 0 Å². The number of tetrazole rings is 1. The summed E-state index contributed by atoms with van der Waals surface area (Å²) in [5, 5.41) is 26.6. The maximum atomic E-state index is 14.7. The summed E-state index contributed by atoms with van der Waals surface area (Å²) in [5.74, 6) is -4.27. The van der Waals surface area contributed by atoms with Gasteiger partial charge in [0.15, 0.2) is 0 Å². The van der Waals surface area contributed by atoms with Crippen molar-refractivity contribution in [2.45, 2.75) is 31.5 Å². The highest BCUT2D eigenvalue weighted by molar-refractivity contribution is 6.30. The van der Waals surface area contributed by atoms with Crippen LogP contribution in [0.5, 0.6) is 0 Å². The van der Waals surface area contributed by atoms with Gasteiger partial charge in [0.2, 0.25) is 0 Å². The van der Waals surface area contributed by atoms with Crippen molar-refractivity contribution in [1.82, 2.24) is 30.0 Å². The van der Waals surface area contributed by atoms with Gasteiger partial charge in [0.25, 0.3) is 0 Å². The van der Waals surface area contributed by atoms with Gasteiger partial charge in [0, 0.05) is 34.3 Å². The van der Waals surface area contributed by atoms with Crippen molar-refractivity contribution >= 4 is 11.6 Å². The zero-order valence-corrected chi connectivity index (χ0v) is 17.9. The van der Waals surface area contributed by atoms with Crippen molar-refractivity contribution in [1.29, 1.82) is 0 Å². The van der Waals surface area contributed by atoms with Crippen molar-refractivity contribution in [2.24, 2.45) is 0 Å². The van der Waals surface area contributed by atoms with Crippen LogP contribution < -0.4 is 0 Å². The molecule has 2 heterocycles. The molecule has 172 valence electrons. The number of hydrogen-bond donors (Lipinski definition) is 1. The molecule has 0 aliphatic carbocycles. The standard InChI is InChI=1S/C21H17ClF4N6O/c1-12(20-4-5-31(28-20)9-15-17(24)6-13(22)7-18(15)25)21(33,10-32-11-27-29-30-32)16-3-2-14(23)8-19(16)26/h2-8,11-12,33H,9-10H2,1H3/t12-,21+/m0/s1. The molecule has 0 bridgehead atoms. The highest BCUT2D eigenvalue weighted by Crippen LogP contribution is 2.39. The van der Waals surface area contributed by atoms with Crippen LogP contribution in [0.25, 0.3) is 0 Å². The first-order chi connectivity index (χ1) is 15.7. The van der Waals surface area contributed by atoms with Crippen molar-refractivity contribution < 1.29 is 22.7 Å². The van der Waals surface area contributed by atoms with Gasteiger partial charge in [-0.2, -0.15) is 5.10 Å². The number of benzene rings is 2. The van der Waals surface area contributed by atoms with E-state index in [4.69, 9.17) is 11.6 Å².